The Morgan fingerprint density at radius 1 is 1.03 bits per heavy atom. The van der Waals surface area contributed by atoms with Gasteiger partial charge in [-0.05, 0) is 17.7 Å². The lowest BCUT2D eigenvalue weighted by Crippen LogP contribution is -2.39. The molecule has 4 rings (SSSR count). The minimum atomic E-state index is -0.899. The Kier molecular flexibility index (Phi) is 5.07. The van der Waals surface area contributed by atoms with Gasteiger partial charge in [-0.2, -0.15) is 4.98 Å². The van der Waals surface area contributed by atoms with Crippen molar-refractivity contribution in [2.45, 2.75) is 18.9 Å². The summed E-state index contributed by atoms with van der Waals surface area (Å²) in [6, 6.07) is 18.6. The SMILES string of the molecule is O=C1C[C@@H](C(=O)NCc2ccccc2)c2c(nc(Nc3ccccc3)[nH]c2=O)N1. The van der Waals surface area contributed by atoms with Crippen LogP contribution >= 0.6 is 0 Å². The molecule has 0 radical (unpaired) electrons. The Morgan fingerprint density at radius 3 is 2.45 bits per heavy atom. The summed E-state index contributed by atoms with van der Waals surface area (Å²) in [6.45, 7) is 0.312. The van der Waals surface area contributed by atoms with Crippen molar-refractivity contribution in [3.8, 4) is 0 Å². The summed E-state index contributed by atoms with van der Waals surface area (Å²) in [6.07, 6.45) is -0.107. The number of hydrogen-bond acceptors (Lipinski definition) is 5. The molecule has 1 aromatic heterocycles. The Balaban J connectivity index is 1.58. The predicted molar refractivity (Wildman–Crippen MR) is 109 cm³/mol. The molecule has 8 heteroatoms. The van der Waals surface area contributed by atoms with Crippen LogP contribution < -0.4 is 21.5 Å². The van der Waals surface area contributed by atoms with Crippen LogP contribution in [0.2, 0.25) is 0 Å². The van der Waals surface area contributed by atoms with Gasteiger partial charge in [-0.3, -0.25) is 19.4 Å². The minimum absolute atomic E-state index is 0.100. The number of aromatic amines is 1. The molecule has 3 aromatic rings. The first-order valence-electron chi connectivity index (χ1n) is 9.18. The van der Waals surface area contributed by atoms with Gasteiger partial charge in [0.15, 0.2) is 0 Å². The topological polar surface area (TPSA) is 116 Å². The standard InChI is InChI=1S/C21H19N5O3/c27-16-11-15(19(28)22-12-13-7-3-1-4-8-13)17-18(24-16)25-21(26-20(17)29)23-14-9-5-2-6-10-14/h1-10,15H,11-12H2,(H,22,28)(H3,23,24,25,26,27,29)/t15-/m1/s1. The first-order chi connectivity index (χ1) is 14.1. The van der Waals surface area contributed by atoms with Crippen molar-refractivity contribution in [2.75, 3.05) is 10.6 Å². The van der Waals surface area contributed by atoms with Crippen molar-refractivity contribution in [3.05, 3.63) is 82.1 Å². The zero-order chi connectivity index (χ0) is 20.2. The summed E-state index contributed by atoms with van der Waals surface area (Å²) < 4.78 is 0. The third kappa shape index (κ3) is 4.16. The molecule has 29 heavy (non-hydrogen) atoms. The molecule has 8 nitrogen and oxygen atoms in total. The highest BCUT2D eigenvalue weighted by Gasteiger charge is 2.34. The van der Waals surface area contributed by atoms with Crippen molar-refractivity contribution in [1.29, 1.82) is 0 Å². The summed E-state index contributed by atoms with van der Waals surface area (Å²) in [5.74, 6) is -1.36. The van der Waals surface area contributed by atoms with Crippen LogP contribution in [-0.4, -0.2) is 21.8 Å². The second-order valence-electron chi connectivity index (χ2n) is 6.68. The van der Waals surface area contributed by atoms with Gasteiger partial charge < -0.3 is 16.0 Å². The van der Waals surface area contributed by atoms with E-state index < -0.39 is 11.5 Å². The monoisotopic (exact) mass is 389 g/mol. The van der Waals surface area contributed by atoms with E-state index in [1.807, 2.05) is 60.7 Å². The quantitative estimate of drug-likeness (QED) is 0.534. The molecule has 2 heterocycles. The van der Waals surface area contributed by atoms with Crippen LogP contribution in [0, 0.1) is 0 Å². The molecule has 0 bridgehead atoms. The fourth-order valence-corrected chi connectivity index (χ4v) is 3.22. The van der Waals surface area contributed by atoms with Crippen LogP contribution in [0.4, 0.5) is 17.5 Å². The van der Waals surface area contributed by atoms with E-state index in [1.54, 1.807) is 0 Å². The van der Waals surface area contributed by atoms with Gasteiger partial charge in [-0.25, -0.2) is 0 Å². The van der Waals surface area contributed by atoms with Crippen LogP contribution in [0.5, 0.6) is 0 Å². The lowest BCUT2D eigenvalue weighted by atomic mass is 9.92. The van der Waals surface area contributed by atoms with Crippen LogP contribution in [0.15, 0.2) is 65.5 Å². The van der Waals surface area contributed by atoms with E-state index in [-0.39, 0.29) is 35.6 Å². The Hall–Kier alpha value is -3.94. The minimum Gasteiger partial charge on any atom is -0.351 e. The number of hydrogen-bond donors (Lipinski definition) is 4. The molecule has 0 saturated carbocycles. The second kappa shape index (κ2) is 7.97. The molecule has 0 saturated heterocycles. The van der Waals surface area contributed by atoms with Crippen LogP contribution in [-0.2, 0) is 16.1 Å². The zero-order valence-corrected chi connectivity index (χ0v) is 15.4. The van der Waals surface area contributed by atoms with E-state index in [0.717, 1.165) is 11.3 Å². The molecule has 0 spiro atoms. The van der Waals surface area contributed by atoms with E-state index in [0.29, 0.717) is 6.54 Å². The lowest BCUT2D eigenvalue weighted by Gasteiger charge is -2.23. The van der Waals surface area contributed by atoms with E-state index >= 15 is 0 Å². The smallest absolute Gasteiger partial charge is 0.258 e. The summed E-state index contributed by atoms with van der Waals surface area (Å²) in [4.78, 5) is 44.5. The molecule has 1 atom stereocenters. The molecular formula is C21H19N5O3. The molecule has 0 fully saturated rings. The maximum Gasteiger partial charge on any atom is 0.258 e. The van der Waals surface area contributed by atoms with Crippen LogP contribution in [0.3, 0.4) is 0 Å². The normalized spacial score (nSPS) is 15.2. The number of fused-ring (bicyclic) bond motifs is 1. The third-order valence-electron chi connectivity index (χ3n) is 4.61. The number of nitrogens with one attached hydrogen (secondary N) is 4. The highest BCUT2D eigenvalue weighted by molar-refractivity contribution is 6.00. The van der Waals surface area contributed by atoms with E-state index in [2.05, 4.69) is 25.9 Å². The van der Waals surface area contributed by atoms with Crippen LogP contribution in [0.1, 0.15) is 23.5 Å². The van der Waals surface area contributed by atoms with E-state index in [1.165, 1.54) is 0 Å². The van der Waals surface area contributed by atoms with Gasteiger partial charge in [0.2, 0.25) is 17.8 Å². The fraction of sp³-hybridized carbons (Fsp3) is 0.143. The summed E-state index contributed by atoms with van der Waals surface area (Å²) in [7, 11) is 0. The summed E-state index contributed by atoms with van der Waals surface area (Å²) >= 11 is 0. The van der Waals surface area contributed by atoms with Gasteiger partial charge in [0.1, 0.15) is 5.82 Å². The van der Waals surface area contributed by atoms with Crippen molar-refractivity contribution < 1.29 is 9.59 Å². The molecule has 0 aliphatic carbocycles. The molecule has 2 aromatic carbocycles. The van der Waals surface area contributed by atoms with Crippen molar-refractivity contribution in [1.82, 2.24) is 15.3 Å². The van der Waals surface area contributed by atoms with Crippen molar-refractivity contribution in [2.24, 2.45) is 0 Å². The maximum atomic E-state index is 12.7. The summed E-state index contributed by atoms with van der Waals surface area (Å²) in [5, 5.41) is 8.37. The fourth-order valence-electron chi connectivity index (χ4n) is 3.22. The van der Waals surface area contributed by atoms with E-state index in [4.69, 9.17) is 0 Å². The van der Waals surface area contributed by atoms with E-state index in [9.17, 15) is 14.4 Å². The van der Waals surface area contributed by atoms with Crippen molar-refractivity contribution in [3.63, 3.8) is 0 Å². The molecule has 0 unspecified atom stereocenters. The number of rotatable bonds is 5. The second-order valence-corrected chi connectivity index (χ2v) is 6.68. The van der Waals surface area contributed by atoms with Gasteiger partial charge in [-0.15, -0.1) is 0 Å². The highest BCUT2D eigenvalue weighted by atomic mass is 16.2. The molecule has 146 valence electrons. The molecule has 2 amide bonds. The number of anilines is 3. The molecule has 1 aliphatic rings. The highest BCUT2D eigenvalue weighted by Crippen LogP contribution is 2.29. The molecular weight excluding hydrogens is 370 g/mol. The Morgan fingerprint density at radius 2 is 1.72 bits per heavy atom. The number of aromatic nitrogens is 2. The van der Waals surface area contributed by atoms with Crippen LogP contribution in [0.25, 0.3) is 0 Å². The number of nitrogens with zero attached hydrogens (tertiary/aromatic N) is 1. The average molecular weight is 389 g/mol. The van der Waals surface area contributed by atoms with Gasteiger partial charge in [0, 0.05) is 18.7 Å². The Bertz CT molecular complexity index is 1100. The average Bonchev–Trinajstić information content (AvgIpc) is 2.72. The third-order valence-corrected chi connectivity index (χ3v) is 4.61. The Labute approximate surface area is 166 Å². The number of benzene rings is 2. The first-order valence-corrected chi connectivity index (χ1v) is 9.18. The van der Waals surface area contributed by atoms with Crippen molar-refractivity contribution >= 4 is 29.3 Å². The number of para-hydroxylation sites is 1. The molecule has 1 aliphatic heterocycles. The van der Waals surface area contributed by atoms with Gasteiger partial charge >= 0.3 is 0 Å². The summed E-state index contributed by atoms with van der Waals surface area (Å²) in [5.41, 5.74) is 1.35. The number of carbonyl (C=O) groups is 2. The number of amides is 2. The zero-order valence-electron chi connectivity index (χ0n) is 15.4. The number of carbonyl (C=O) groups excluding carboxylic acids is 2. The van der Waals surface area contributed by atoms with Gasteiger partial charge in [-0.1, -0.05) is 48.5 Å². The maximum absolute atomic E-state index is 12.7. The van der Waals surface area contributed by atoms with Gasteiger partial charge in [0.05, 0.1) is 11.5 Å². The predicted octanol–water partition coefficient (Wildman–Crippen LogP) is 2.26. The first kappa shape index (κ1) is 18.4. The van der Waals surface area contributed by atoms with Gasteiger partial charge in [0.25, 0.3) is 5.56 Å². The lowest BCUT2D eigenvalue weighted by molar-refractivity contribution is -0.126. The number of H-pyrrole nitrogens is 1. The molecule has 4 N–H and O–H groups in total. The largest absolute Gasteiger partial charge is 0.351 e.